The Hall–Kier alpha value is -0.900. The molecule has 0 bridgehead atoms. The minimum atomic E-state index is -0.403. The lowest BCUT2D eigenvalue weighted by atomic mass is 10.2. The number of hydrogen-bond donors (Lipinski definition) is 0. The van der Waals surface area contributed by atoms with Gasteiger partial charge in [0.1, 0.15) is 0 Å². The maximum Gasteiger partial charge on any atom is 0.269 e. The average Bonchev–Trinajstić information content (AvgIpc) is 2.13. The molecule has 72 valence electrons. The quantitative estimate of drug-likeness (QED) is 0.560. The lowest BCUT2D eigenvalue weighted by molar-refractivity contribution is -0.384. The third kappa shape index (κ3) is 3.55. The molecule has 0 atom stereocenters. The van der Waals surface area contributed by atoms with E-state index in [1.165, 1.54) is 12.1 Å². The van der Waals surface area contributed by atoms with E-state index in [0.717, 1.165) is 10.0 Å². The molecule has 0 amide bonds. The van der Waals surface area contributed by atoms with Crippen LogP contribution < -0.4 is 0 Å². The van der Waals surface area contributed by atoms with Crippen molar-refractivity contribution in [2.24, 2.45) is 0 Å². The zero-order valence-corrected chi connectivity index (χ0v) is 9.46. The maximum atomic E-state index is 10.3. The average molecular weight is 246 g/mol. The minimum Gasteiger partial charge on any atom is -0.258 e. The maximum absolute atomic E-state index is 10.3. The van der Waals surface area contributed by atoms with Gasteiger partial charge in [0.25, 0.3) is 5.69 Å². The number of non-ortho nitro benzene ring substituents is 1. The number of benzene rings is 1. The van der Waals surface area contributed by atoms with Crippen LogP contribution >= 0.6 is 15.9 Å². The van der Waals surface area contributed by atoms with Gasteiger partial charge in [-0.25, -0.2) is 0 Å². The van der Waals surface area contributed by atoms with Crippen molar-refractivity contribution in [2.75, 3.05) is 0 Å². The summed E-state index contributed by atoms with van der Waals surface area (Å²) in [7, 11) is 0. The number of rotatable bonds is 1. The molecule has 1 aromatic carbocycles. The van der Waals surface area contributed by atoms with Crippen molar-refractivity contribution in [3.05, 3.63) is 38.3 Å². The lowest BCUT2D eigenvalue weighted by Gasteiger charge is -1.95. The zero-order chi connectivity index (χ0) is 10.4. The second kappa shape index (κ2) is 5.70. The van der Waals surface area contributed by atoms with E-state index >= 15 is 0 Å². The fraction of sp³-hybridized carbons (Fsp3) is 0.333. The van der Waals surface area contributed by atoms with Crippen molar-refractivity contribution in [1.82, 2.24) is 0 Å². The highest BCUT2D eigenvalue weighted by Crippen LogP contribution is 2.20. The highest BCUT2D eigenvalue weighted by atomic mass is 79.9. The van der Waals surface area contributed by atoms with Crippen molar-refractivity contribution in [1.29, 1.82) is 0 Å². The molecule has 13 heavy (non-hydrogen) atoms. The van der Waals surface area contributed by atoms with Crippen LogP contribution in [0.4, 0.5) is 5.69 Å². The Kier molecular flexibility index (Phi) is 5.30. The Labute approximate surface area is 86.1 Å². The van der Waals surface area contributed by atoms with E-state index in [1.807, 2.05) is 20.8 Å². The van der Waals surface area contributed by atoms with Gasteiger partial charge in [-0.1, -0.05) is 29.8 Å². The summed E-state index contributed by atoms with van der Waals surface area (Å²) in [6.07, 6.45) is 0. The van der Waals surface area contributed by atoms with Crippen molar-refractivity contribution in [2.45, 2.75) is 20.8 Å². The zero-order valence-electron chi connectivity index (χ0n) is 7.87. The number of hydrogen-bond acceptors (Lipinski definition) is 2. The van der Waals surface area contributed by atoms with Crippen LogP contribution in [0, 0.1) is 17.0 Å². The van der Waals surface area contributed by atoms with E-state index in [9.17, 15) is 10.1 Å². The van der Waals surface area contributed by atoms with Crippen LogP contribution in [0.25, 0.3) is 0 Å². The first-order chi connectivity index (χ1) is 6.11. The molecule has 0 aliphatic carbocycles. The first-order valence-corrected chi connectivity index (χ1v) is 4.81. The van der Waals surface area contributed by atoms with Gasteiger partial charge >= 0.3 is 0 Å². The molecule has 0 saturated heterocycles. The van der Waals surface area contributed by atoms with Gasteiger partial charge in [-0.2, -0.15) is 0 Å². The van der Waals surface area contributed by atoms with E-state index in [1.54, 1.807) is 6.07 Å². The molecule has 0 aromatic heterocycles. The molecule has 0 N–H and O–H groups in total. The minimum absolute atomic E-state index is 0.130. The molecule has 0 fully saturated rings. The molecular formula is C9H12BrNO2. The molecule has 0 aliphatic rings. The standard InChI is InChI=1S/C7H6BrNO2.C2H6/c1-5-4-6(9(10)11)2-3-7(5)8;1-2/h2-4H,1H3;1-2H3. The first-order valence-electron chi connectivity index (χ1n) is 4.02. The van der Waals surface area contributed by atoms with Crippen LogP contribution in [0.15, 0.2) is 22.7 Å². The number of halogens is 1. The molecule has 4 heteroatoms. The third-order valence-electron chi connectivity index (χ3n) is 1.35. The van der Waals surface area contributed by atoms with E-state index in [0.29, 0.717) is 0 Å². The van der Waals surface area contributed by atoms with Gasteiger partial charge in [0.05, 0.1) is 4.92 Å². The number of nitrogens with zero attached hydrogens (tertiary/aromatic N) is 1. The summed E-state index contributed by atoms with van der Waals surface area (Å²) >= 11 is 3.26. The third-order valence-corrected chi connectivity index (χ3v) is 2.24. The van der Waals surface area contributed by atoms with Gasteiger partial charge in [0, 0.05) is 16.6 Å². The molecule has 3 nitrogen and oxygen atoms in total. The Bertz CT molecular complexity index is 300. The Morgan fingerprint density at radius 1 is 1.38 bits per heavy atom. The molecule has 1 aromatic rings. The van der Waals surface area contributed by atoms with E-state index in [2.05, 4.69) is 15.9 Å². The van der Waals surface area contributed by atoms with Gasteiger partial charge < -0.3 is 0 Å². The Morgan fingerprint density at radius 2 is 1.92 bits per heavy atom. The molecule has 0 radical (unpaired) electrons. The summed E-state index contributed by atoms with van der Waals surface area (Å²) in [5.41, 5.74) is 1.00. The normalized spacial score (nSPS) is 8.62. The van der Waals surface area contributed by atoms with Crippen LogP contribution in [-0.4, -0.2) is 4.92 Å². The smallest absolute Gasteiger partial charge is 0.258 e. The summed E-state index contributed by atoms with van der Waals surface area (Å²) < 4.78 is 0.892. The van der Waals surface area contributed by atoms with Crippen LogP contribution in [0.5, 0.6) is 0 Å². The second-order valence-corrected chi connectivity index (χ2v) is 3.04. The molecule has 0 aliphatic heterocycles. The number of aryl methyl sites for hydroxylation is 1. The number of nitro benzene ring substituents is 1. The van der Waals surface area contributed by atoms with Gasteiger partial charge in [-0.15, -0.1) is 0 Å². The summed E-state index contributed by atoms with van der Waals surface area (Å²) in [4.78, 5) is 9.85. The van der Waals surface area contributed by atoms with Crippen LogP contribution in [0.2, 0.25) is 0 Å². The second-order valence-electron chi connectivity index (χ2n) is 2.19. The molecule has 0 spiro atoms. The predicted octanol–water partition coefficient (Wildman–Crippen LogP) is 3.69. The van der Waals surface area contributed by atoms with Crippen LogP contribution in [0.3, 0.4) is 0 Å². The Balaban J connectivity index is 0.000000671. The van der Waals surface area contributed by atoms with Gasteiger partial charge in [-0.05, 0) is 18.6 Å². The van der Waals surface area contributed by atoms with E-state index in [-0.39, 0.29) is 5.69 Å². The van der Waals surface area contributed by atoms with Crippen molar-refractivity contribution < 1.29 is 4.92 Å². The van der Waals surface area contributed by atoms with Crippen molar-refractivity contribution in [3.63, 3.8) is 0 Å². The summed E-state index contributed by atoms with van der Waals surface area (Å²) in [6, 6.07) is 4.68. The molecule has 0 unspecified atom stereocenters. The first kappa shape index (κ1) is 12.1. The van der Waals surface area contributed by atoms with Crippen LogP contribution in [-0.2, 0) is 0 Å². The van der Waals surface area contributed by atoms with E-state index in [4.69, 9.17) is 0 Å². The van der Waals surface area contributed by atoms with Gasteiger partial charge in [0.15, 0.2) is 0 Å². The number of nitro groups is 1. The molecular weight excluding hydrogens is 234 g/mol. The SMILES string of the molecule is CC.Cc1cc([N+](=O)[O-])ccc1Br. The summed E-state index contributed by atoms with van der Waals surface area (Å²) in [5.74, 6) is 0. The van der Waals surface area contributed by atoms with E-state index < -0.39 is 4.92 Å². The monoisotopic (exact) mass is 245 g/mol. The lowest BCUT2D eigenvalue weighted by Crippen LogP contribution is -1.88. The largest absolute Gasteiger partial charge is 0.269 e. The highest BCUT2D eigenvalue weighted by molar-refractivity contribution is 9.10. The fourth-order valence-electron chi connectivity index (χ4n) is 0.742. The highest BCUT2D eigenvalue weighted by Gasteiger charge is 2.05. The van der Waals surface area contributed by atoms with Gasteiger partial charge in [0.2, 0.25) is 0 Å². The Morgan fingerprint density at radius 3 is 2.31 bits per heavy atom. The van der Waals surface area contributed by atoms with Crippen molar-refractivity contribution in [3.8, 4) is 0 Å². The summed E-state index contributed by atoms with van der Waals surface area (Å²) in [6.45, 7) is 5.82. The van der Waals surface area contributed by atoms with Crippen LogP contribution in [0.1, 0.15) is 19.4 Å². The topological polar surface area (TPSA) is 43.1 Å². The predicted molar refractivity (Wildman–Crippen MR) is 56.9 cm³/mol. The molecule has 0 heterocycles. The molecule has 0 saturated carbocycles. The summed E-state index contributed by atoms with van der Waals surface area (Å²) in [5, 5.41) is 10.3. The van der Waals surface area contributed by atoms with Crippen molar-refractivity contribution >= 4 is 21.6 Å². The fourth-order valence-corrected chi connectivity index (χ4v) is 0.989. The molecule has 1 rings (SSSR count). The van der Waals surface area contributed by atoms with Gasteiger partial charge in [-0.3, -0.25) is 10.1 Å².